The Kier molecular flexibility index (Phi) is 4.99. The highest BCUT2D eigenvalue weighted by Crippen LogP contribution is 2.48. The van der Waals surface area contributed by atoms with Crippen LogP contribution in [0.5, 0.6) is 0 Å². The summed E-state index contributed by atoms with van der Waals surface area (Å²) in [7, 11) is 0. The molecule has 2 aliphatic rings. The number of hydrogen-bond acceptors (Lipinski definition) is 1. The van der Waals surface area contributed by atoms with Gasteiger partial charge in [-0.2, -0.15) is 27.0 Å². The van der Waals surface area contributed by atoms with Crippen LogP contribution in [0, 0.1) is 5.92 Å². The maximum Gasteiger partial charge on any atom is 0.0930 e. The maximum absolute atomic E-state index is 10.8. The first-order chi connectivity index (χ1) is 7.31. The lowest BCUT2D eigenvalue weighted by Gasteiger charge is -2.30. The summed E-state index contributed by atoms with van der Waals surface area (Å²) in [5, 5.41) is 10.8. The van der Waals surface area contributed by atoms with Gasteiger partial charge >= 0.3 is 0 Å². The Balaban J connectivity index is 0.000000722. The van der Waals surface area contributed by atoms with Gasteiger partial charge in [-0.1, -0.05) is 37.1 Å². The molecule has 3 rings (SSSR count). The zero-order valence-electron chi connectivity index (χ0n) is 10.1. The van der Waals surface area contributed by atoms with E-state index in [-0.39, 0.29) is 27.0 Å². The SMILES string of the molecule is O[C@@]1(C2CCCC2)CCc2ccccc21.S.S. The summed E-state index contributed by atoms with van der Waals surface area (Å²) in [4.78, 5) is 0. The van der Waals surface area contributed by atoms with Crippen molar-refractivity contribution in [1.29, 1.82) is 0 Å². The quantitative estimate of drug-likeness (QED) is 0.830. The Hall–Kier alpha value is -0.120. The summed E-state index contributed by atoms with van der Waals surface area (Å²) < 4.78 is 0. The molecule has 0 spiro atoms. The van der Waals surface area contributed by atoms with Gasteiger partial charge in [0.15, 0.2) is 0 Å². The minimum atomic E-state index is -0.493. The van der Waals surface area contributed by atoms with E-state index in [1.807, 2.05) is 0 Å². The van der Waals surface area contributed by atoms with E-state index in [0.29, 0.717) is 5.92 Å². The molecule has 0 saturated heterocycles. The third-order valence-electron chi connectivity index (χ3n) is 4.29. The largest absolute Gasteiger partial charge is 0.385 e. The molecule has 0 unspecified atom stereocenters. The normalized spacial score (nSPS) is 27.1. The second-order valence-electron chi connectivity index (χ2n) is 5.06. The molecule has 0 amide bonds. The van der Waals surface area contributed by atoms with Crippen LogP contribution in [-0.4, -0.2) is 5.11 Å². The van der Waals surface area contributed by atoms with Gasteiger partial charge in [-0.3, -0.25) is 0 Å². The first kappa shape index (κ1) is 14.9. The topological polar surface area (TPSA) is 20.2 Å². The van der Waals surface area contributed by atoms with Crippen LogP contribution in [-0.2, 0) is 12.0 Å². The van der Waals surface area contributed by atoms with Crippen molar-refractivity contribution in [2.24, 2.45) is 5.92 Å². The molecule has 1 atom stereocenters. The molecular formula is C14H22OS2. The van der Waals surface area contributed by atoms with E-state index in [1.54, 1.807) is 0 Å². The molecule has 3 heteroatoms. The van der Waals surface area contributed by atoms with Crippen molar-refractivity contribution in [3.63, 3.8) is 0 Å². The highest BCUT2D eigenvalue weighted by molar-refractivity contribution is 7.59. The van der Waals surface area contributed by atoms with Crippen LogP contribution in [0.3, 0.4) is 0 Å². The van der Waals surface area contributed by atoms with Gasteiger partial charge in [-0.05, 0) is 42.7 Å². The zero-order valence-corrected chi connectivity index (χ0v) is 12.1. The molecule has 1 N–H and O–H groups in total. The third kappa shape index (κ3) is 2.38. The summed E-state index contributed by atoms with van der Waals surface area (Å²) in [5.41, 5.74) is 2.09. The Morgan fingerprint density at radius 3 is 2.41 bits per heavy atom. The number of hydrogen-bond donors (Lipinski definition) is 1. The maximum atomic E-state index is 10.8. The fourth-order valence-electron chi connectivity index (χ4n) is 3.45. The predicted octanol–water partition coefficient (Wildman–Crippen LogP) is 3.24. The van der Waals surface area contributed by atoms with Crippen LogP contribution in [0.25, 0.3) is 0 Å². The average molecular weight is 270 g/mol. The molecular weight excluding hydrogens is 248 g/mol. The Morgan fingerprint density at radius 2 is 1.71 bits per heavy atom. The molecule has 0 heterocycles. The fourth-order valence-corrected chi connectivity index (χ4v) is 3.45. The number of fused-ring (bicyclic) bond motifs is 1. The van der Waals surface area contributed by atoms with Gasteiger partial charge < -0.3 is 5.11 Å². The summed E-state index contributed by atoms with van der Waals surface area (Å²) in [6.07, 6.45) is 7.03. The van der Waals surface area contributed by atoms with Crippen molar-refractivity contribution in [2.75, 3.05) is 0 Å². The van der Waals surface area contributed by atoms with Crippen LogP contribution >= 0.6 is 27.0 Å². The predicted molar refractivity (Wildman–Crippen MR) is 81.4 cm³/mol. The Morgan fingerprint density at radius 1 is 1.06 bits per heavy atom. The van der Waals surface area contributed by atoms with Crippen molar-refractivity contribution < 1.29 is 5.11 Å². The second-order valence-corrected chi connectivity index (χ2v) is 5.06. The molecule has 17 heavy (non-hydrogen) atoms. The zero-order chi connectivity index (χ0) is 10.3. The minimum absolute atomic E-state index is 0. The number of aryl methyl sites for hydroxylation is 1. The van der Waals surface area contributed by atoms with E-state index in [2.05, 4.69) is 24.3 Å². The molecule has 1 aromatic rings. The lowest BCUT2D eigenvalue weighted by Crippen LogP contribution is -2.30. The number of rotatable bonds is 1. The summed E-state index contributed by atoms with van der Waals surface area (Å²) in [6, 6.07) is 8.44. The van der Waals surface area contributed by atoms with E-state index in [0.717, 1.165) is 12.8 Å². The second kappa shape index (κ2) is 5.68. The van der Waals surface area contributed by atoms with Gasteiger partial charge in [0.05, 0.1) is 5.60 Å². The van der Waals surface area contributed by atoms with Gasteiger partial charge in [0, 0.05) is 0 Å². The lowest BCUT2D eigenvalue weighted by molar-refractivity contribution is -0.0200. The molecule has 1 nitrogen and oxygen atoms in total. The molecule has 1 aromatic carbocycles. The average Bonchev–Trinajstić information content (AvgIpc) is 2.88. The third-order valence-corrected chi connectivity index (χ3v) is 4.29. The summed E-state index contributed by atoms with van der Waals surface area (Å²) in [5.74, 6) is 0.515. The molecule has 96 valence electrons. The summed E-state index contributed by atoms with van der Waals surface area (Å²) in [6.45, 7) is 0. The van der Waals surface area contributed by atoms with Gasteiger partial charge in [0.2, 0.25) is 0 Å². The van der Waals surface area contributed by atoms with Crippen LogP contribution in [0.4, 0.5) is 0 Å². The molecule has 2 aliphatic carbocycles. The molecule has 0 aromatic heterocycles. The smallest absolute Gasteiger partial charge is 0.0930 e. The fraction of sp³-hybridized carbons (Fsp3) is 0.571. The monoisotopic (exact) mass is 270 g/mol. The molecule has 0 aliphatic heterocycles. The van der Waals surface area contributed by atoms with E-state index in [9.17, 15) is 5.11 Å². The van der Waals surface area contributed by atoms with Gasteiger partial charge in [0.25, 0.3) is 0 Å². The van der Waals surface area contributed by atoms with E-state index >= 15 is 0 Å². The highest BCUT2D eigenvalue weighted by Gasteiger charge is 2.43. The Bertz CT molecular complexity index is 374. The molecule has 1 fully saturated rings. The summed E-state index contributed by atoms with van der Waals surface area (Å²) >= 11 is 0. The van der Waals surface area contributed by atoms with Crippen LogP contribution < -0.4 is 0 Å². The van der Waals surface area contributed by atoms with E-state index < -0.39 is 5.60 Å². The lowest BCUT2D eigenvalue weighted by atomic mass is 9.81. The number of aliphatic hydroxyl groups is 1. The van der Waals surface area contributed by atoms with Gasteiger partial charge in [-0.15, -0.1) is 0 Å². The van der Waals surface area contributed by atoms with E-state index in [1.165, 1.54) is 36.8 Å². The van der Waals surface area contributed by atoms with Crippen LogP contribution in [0.2, 0.25) is 0 Å². The van der Waals surface area contributed by atoms with E-state index in [4.69, 9.17) is 0 Å². The van der Waals surface area contributed by atoms with Crippen molar-refractivity contribution in [1.82, 2.24) is 0 Å². The minimum Gasteiger partial charge on any atom is -0.385 e. The van der Waals surface area contributed by atoms with Crippen molar-refractivity contribution in [2.45, 2.75) is 44.1 Å². The molecule has 0 bridgehead atoms. The molecule has 1 saturated carbocycles. The highest BCUT2D eigenvalue weighted by atomic mass is 32.1. The van der Waals surface area contributed by atoms with Gasteiger partial charge in [0.1, 0.15) is 0 Å². The first-order valence-electron chi connectivity index (χ1n) is 6.11. The Labute approximate surface area is 118 Å². The number of benzene rings is 1. The van der Waals surface area contributed by atoms with Crippen LogP contribution in [0.1, 0.15) is 43.2 Å². The van der Waals surface area contributed by atoms with Crippen molar-refractivity contribution >= 4 is 27.0 Å². The van der Waals surface area contributed by atoms with Crippen molar-refractivity contribution in [3.8, 4) is 0 Å². The first-order valence-corrected chi connectivity index (χ1v) is 6.11. The van der Waals surface area contributed by atoms with Gasteiger partial charge in [-0.25, -0.2) is 0 Å². The standard InChI is InChI=1S/C14H18O.2H2S/c15-14(12-6-2-3-7-12)10-9-11-5-1-4-8-13(11)14;;/h1,4-5,8,12,15H,2-3,6-7,9-10H2;2*1H2/t14-;;/m1../s1. The molecule has 0 radical (unpaired) electrons. The van der Waals surface area contributed by atoms with Crippen LogP contribution in [0.15, 0.2) is 24.3 Å². The van der Waals surface area contributed by atoms with Crippen molar-refractivity contribution in [3.05, 3.63) is 35.4 Å².